The zero-order valence-corrected chi connectivity index (χ0v) is 16.1. The van der Waals surface area contributed by atoms with Gasteiger partial charge in [-0.3, -0.25) is 9.59 Å². The first-order chi connectivity index (χ1) is 13.5. The molecule has 144 valence electrons. The fourth-order valence-corrected chi connectivity index (χ4v) is 3.43. The van der Waals surface area contributed by atoms with Gasteiger partial charge in [-0.1, -0.05) is 24.3 Å². The van der Waals surface area contributed by atoms with Gasteiger partial charge >= 0.3 is 0 Å². The summed E-state index contributed by atoms with van der Waals surface area (Å²) in [6.07, 6.45) is -0.955. The lowest BCUT2D eigenvalue weighted by Gasteiger charge is -2.12. The molecule has 0 aliphatic carbocycles. The van der Waals surface area contributed by atoms with Gasteiger partial charge in [0.2, 0.25) is 5.91 Å². The number of hydrogen-bond donors (Lipinski definition) is 4. The van der Waals surface area contributed by atoms with Crippen molar-refractivity contribution in [3.8, 4) is 10.4 Å². The number of nitrogens with one attached hydrogen (secondary N) is 2. The van der Waals surface area contributed by atoms with Crippen molar-refractivity contribution in [3.63, 3.8) is 0 Å². The molecule has 3 rings (SSSR count). The molecule has 0 aliphatic rings. The number of carbonyl (C=O) groups excluding carboxylic acids is 2. The first kappa shape index (κ1) is 19.6. The second kappa shape index (κ2) is 8.69. The predicted molar refractivity (Wildman–Crippen MR) is 112 cm³/mol. The number of amides is 2. The van der Waals surface area contributed by atoms with E-state index in [4.69, 9.17) is 5.73 Å². The third kappa shape index (κ3) is 4.57. The van der Waals surface area contributed by atoms with Crippen LogP contribution in [-0.4, -0.2) is 24.0 Å². The molecule has 2 amide bonds. The Morgan fingerprint density at radius 1 is 1.14 bits per heavy atom. The molecular formula is C21H21N3O3S. The van der Waals surface area contributed by atoms with Crippen LogP contribution in [0.15, 0.2) is 60.0 Å². The minimum atomic E-state index is -0.921. The summed E-state index contributed by atoms with van der Waals surface area (Å²) < 4.78 is 0. The Morgan fingerprint density at radius 2 is 1.89 bits per heavy atom. The molecule has 0 bridgehead atoms. The normalized spacial score (nSPS) is 11.6. The number of nitrogen functional groups attached to an aromatic ring is 1. The van der Waals surface area contributed by atoms with E-state index < -0.39 is 6.10 Å². The van der Waals surface area contributed by atoms with E-state index in [1.54, 1.807) is 41.7 Å². The number of carbonyl (C=O) groups is 2. The molecule has 0 saturated carbocycles. The second-order valence-corrected chi connectivity index (χ2v) is 7.20. The molecule has 1 aromatic heterocycles. The molecule has 0 saturated heterocycles. The van der Waals surface area contributed by atoms with Crippen molar-refractivity contribution >= 4 is 34.5 Å². The number of aliphatic hydroxyl groups excluding tert-OH is 1. The van der Waals surface area contributed by atoms with Gasteiger partial charge in [0.05, 0.1) is 23.9 Å². The van der Waals surface area contributed by atoms with Crippen LogP contribution in [0.5, 0.6) is 0 Å². The van der Waals surface area contributed by atoms with Crippen LogP contribution in [0, 0.1) is 0 Å². The fraction of sp³-hybridized carbons (Fsp3) is 0.143. The largest absolute Gasteiger partial charge is 0.397 e. The van der Waals surface area contributed by atoms with Crippen LogP contribution in [0.4, 0.5) is 11.4 Å². The monoisotopic (exact) mass is 395 g/mol. The van der Waals surface area contributed by atoms with Gasteiger partial charge in [0.15, 0.2) is 0 Å². The molecule has 2 aromatic carbocycles. The van der Waals surface area contributed by atoms with Gasteiger partial charge in [-0.2, -0.15) is 0 Å². The molecule has 5 N–H and O–H groups in total. The van der Waals surface area contributed by atoms with Gasteiger partial charge in [0.25, 0.3) is 5.91 Å². The lowest BCUT2D eigenvalue weighted by atomic mass is 10.0. The molecule has 7 heteroatoms. The van der Waals surface area contributed by atoms with Gasteiger partial charge in [-0.25, -0.2) is 0 Å². The molecule has 28 heavy (non-hydrogen) atoms. The first-order valence-corrected chi connectivity index (χ1v) is 9.59. The lowest BCUT2D eigenvalue weighted by molar-refractivity contribution is -0.122. The summed E-state index contributed by atoms with van der Waals surface area (Å²) in [7, 11) is 1.52. The number of nitrogens with two attached hydrogens (primary N) is 1. The number of benzene rings is 2. The van der Waals surface area contributed by atoms with Crippen LogP contribution in [0.2, 0.25) is 0 Å². The highest BCUT2D eigenvalue weighted by Gasteiger charge is 2.14. The molecule has 0 fully saturated rings. The molecular weight excluding hydrogens is 374 g/mol. The zero-order chi connectivity index (χ0) is 20.1. The van der Waals surface area contributed by atoms with Crippen molar-refractivity contribution in [1.29, 1.82) is 0 Å². The maximum Gasteiger partial charge on any atom is 0.255 e. The third-order valence-electron chi connectivity index (χ3n) is 4.32. The summed E-state index contributed by atoms with van der Waals surface area (Å²) in [6, 6.07) is 16.0. The van der Waals surface area contributed by atoms with Crippen LogP contribution in [0.25, 0.3) is 10.4 Å². The van der Waals surface area contributed by atoms with Gasteiger partial charge in [0, 0.05) is 17.5 Å². The van der Waals surface area contributed by atoms with Crippen LogP contribution < -0.4 is 16.4 Å². The fourth-order valence-electron chi connectivity index (χ4n) is 2.71. The Labute approximate surface area is 167 Å². The molecule has 1 unspecified atom stereocenters. The Morgan fingerprint density at radius 3 is 2.54 bits per heavy atom. The maximum absolute atomic E-state index is 12.6. The smallest absolute Gasteiger partial charge is 0.255 e. The lowest BCUT2D eigenvalue weighted by Crippen LogP contribution is -2.20. The quantitative estimate of drug-likeness (QED) is 0.480. The Bertz CT molecular complexity index is 969. The Hall–Kier alpha value is -3.16. The number of anilines is 2. The van der Waals surface area contributed by atoms with E-state index in [9.17, 15) is 14.7 Å². The summed E-state index contributed by atoms with van der Waals surface area (Å²) in [4.78, 5) is 25.0. The van der Waals surface area contributed by atoms with E-state index in [0.29, 0.717) is 22.5 Å². The minimum Gasteiger partial charge on any atom is -0.397 e. The van der Waals surface area contributed by atoms with Crippen molar-refractivity contribution in [2.24, 2.45) is 0 Å². The van der Waals surface area contributed by atoms with E-state index >= 15 is 0 Å². The zero-order valence-electron chi connectivity index (χ0n) is 15.3. The summed E-state index contributed by atoms with van der Waals surface area (Å²) in [5, 5.41) is 17.4. The van der Waals surface area contributed by atoms with Crippen LogP contribution in [0.3, 0.4) is 0 Å². The van der Waals surface area contributed by atoms with Gasteiger partial charge < -0.3 is 21.5 Å². The van der Waals surface area contributed by atoms with Crippen LogP contribution in [0.1, 0.15) is 28.4 Å². The van der Waals surface area contributed by atoms with Crippen molar-refractivity contribution in [2.45, 2.75) is 12.5 Å². The van der Waals surface area contributed by atoms with Gasteiger partial charge in [-0.05, 0) is 46.8 Å². The van der Waals surface area contributed by atoms with E-state index in [0.717, 1.165) is 10.4 Å². The van der Waals surface area contributed by atoms with Crippen molar-refractivity contribution < 1.29 is 14.7 Å². The molecule has 1 atom stereocenters. The van der Waals surface area contributed by atoms with Gasteiger partial charge in [0.1, 0.15) is 0 Å². The van der Waals surface area contributed by atoms with Crippen molar-refractivity contribution in [2.75, 3.05) is 18.1 Å². The third-order valence-corrected chi connectivity index (χ3v) is 5.24. The Kier molecular flexibility index (Phi) is 6.08. The molecule has 0 aliphatic heterocycles. The van der Waals surface area contributed by atoms with Crippen molar-refractivity contribution in [1.82, 2.24) is 5.32 Å². The van der Waals surface area contributed by atoms with E-state index in [1.165, 1.54) is 7.05 Å². The predicted octanol–water partition coefficient (Wildman–Crippen LogP) is 3.42. The van der Waals surface area contributed by atoms with E-state index in [2.05, 4.69) is 10.6 Å². The average molecular weight is 395 g/mol. The molecule has 6 nitrogen and oxygen atoms in total. The number of thiophene rings is 1. The number of aliphatic hydroxyl groups is 1. The highest BCUT2D eigenvalue weighted by molar-refractivity contribution is 7.13. The summed E-state index contributed by atoms with van der Waals surface area (Å²) in [5.74, 6) is -0.558. The first-order valence-electron chi connectivity index (χ1n) is 8.71. The van der Waals surface area contributed by atoms with Crippen LogP contribution >= 0.6 is 11.3 Å². The standard InChI is InChI=1S/C21H21N3O3S/c1-23-20(26)12-18(25)13-4-6-14(7-5-13)21(27)24-17-11-15(8-9-16(17)22)19-3-2-10-28-19/h2-11,18,25H,12,22H2,1H3,(H,23,26)(H,24,27). The molecule has 3 aromatic rings. The molecule has 0 radical (unpaired) electrons. The summed E-state index contributed by atoms with van der Waals surface area (Å²) in [5.41, 5.74) is 9.01. The maximum atomic E-state index is 12.6. The van der Waals surface area contributed by atoms with E-state index in [1.807, 2.05) is 29.6 Å². The van der Waals surface area contributed by atoms with Crippen LogP contribution in [-0.2, 0) is 4.79 Å². The summed E-state index contributed by atoms with van der Waals surface area (Å²) in [6.45, 7) is 0. The summed E-state index contributed by atoms with van der Waals surface area (Å²) >= 11 is 1.61. The van der Waals surface area contributed by atoms with E-state index in [-0.39, 0.29) is 18.2 Å². The highest BCUT2D eigenvalue weighted by Crippen LogP contribution is 2.30. The topological polar surface area (TPSA) is 104 Å². The minimum absolute atomic E-state index is 0.0336. The average Bonchev–Trinajstić information content (AvgIpc) is 3.24. The SMILES string of the molecule is CNC(=O)CC(O)c1ccc(C(=O)Nc2cc(-c3cccs3)ccc2N)cc1. The Balaban J connectivity index is 1.73. The number of hydrogen-bond acceptors (Lipinski definition) is 5. The van der Waals surface area contributed by atoms with Gasteiger partial charge in [-0.15, -0.1) is 11.3 Å². The second-order valence-electron chi connectivity index (χ2n) is 6.25. The highest BCUT2D eigenvalue weighted by atomic mass is 32.1. The molecule has 1 heterocycles. The van der Waals surface area contributed by atoms with Crippen molar-refractivity contribution in [3.05, 3.63) is 71.1 Å². The number of rotatable bonds is 6. The molecule has 0 spiro atoms.